The molecule has 1 aromatic rings. The first-order valence-corrected chi connectivity index (χ1v) is 8.01. The van der Waals surface area contributed by atoms with Crippen molar-refractivity contribution in [1.29, 1.82) is 0 Å². The van der Waals surface area contributed by atoms with Crippen molar-refractivity contribution in [2.45, 2.75) is 25.3 Å². The molecule has 2 rings (SSSR count). The predicted octanol–water partition coefficient (Wildman–Crippen LogP) is -0.433. The summed E-state index contributed by atoms with van der Waals surface area (Å²) in [5, 5.41) is 2.42. The van der Waals surface area contributed by atoms with Gasteiger partial charge in [0.25, 0.3) is 0 Å². The summed E-state index contributed by atoms with van der Waals surface area (Å²) in [6.45, 7) is 2.86. The summed E-state index contributed by atoms with van der Waals surface area (Å²) < 4.78 is 0. The number of carbonyl (C=O) groups is 3. The highest BCUT2D eigenvalue weighted by Crippen LogP contribution is 2.32. The first-order chi connectivity index (χ1) is 11.4. The number of nitrogens with one attached hydrogen (secondary N) is 1. The van der Waals surface area contributed by atoms with E-state index in [1.54, 1.807) is 4.90 Å². The molecule has 0 saturated carbocycles. The highest BCUT2D eigenvalue weighted by atomic mass is 16.2. The number of amides is 3. The van der Waals surface area contributed by atoms with Crippen LogP contribution in [0, 0.1) is 5.92 Å². The van der Waals surface area contributed by atoms with Gasteiger partial charge in [-0.25, -0.2) is 0 Å². The second-order valence-corrected chi connectivity index (χ2v) is 6.17. The number of nitrogens with two attached hydrogens (primary N) is 2. The molecule has 0 spiro atoms. The summed E-state index contributed by atoms with van der Waals surface area (Å²) in [7, 11) is 0. The van der Waals surface area contributed by atoms with Gasteiger partial charge in [0, 0.05) is 25.9 Å². The van der Waals surface area contributed by atoms with E-state index in [4.69, 9.17) is 11.5 Å². The molecule has 1 aliphatic heterocycles. The highest BCUT2D eigenvalue weighted by molar-refractivity contribution is 5.90. The first kappa shape index (κ1) is 17.9. The summed E-state index contributed by atoms with van der Waals surface area (Å²) in [6, 6.07) is 8.96. The Morgan fingerprint density at radius 1 is 1.25 bits per heavy atom. The van der Waals surface area contributed by atoms with Gasteiger partial charge in [0.2, 0.25) is 17.7 Å². The van der Waals surface area contributed by atoms with Crippen LogP contribution >= 0.6 is 0 Å². The van der Waals surface area contributed by atoms with Crippen LogP contribution in [0.1, 0.15) is 24.8 Å². The molecule has 130 valence electrons. The second-order valence-electron chi connectivity index (χ2n) is 6.17. The average Bonchev–Trinajstić information content (AvgIpc) is 2.99. The van der Waals surface area contributed by atoms with Crippen LogP contribution in [0.2, 0.25) is 0 Å². The Morgan fingerprint density at radius 3 is 2.46 bits per heavy atom. The number of primary amides is 1. The third kappa shape index (κ3) is 4.32. The van der Waals surface area contributed by atoms with E-state index in [1.807, 2.05) is 30.3 Å². The Hall–Kier alpha value is -2.41. The summed E-state index contributed by atoms with van der Waals surface area (Å²) in [4.78, 5) is 36.8. The van der Waals surface area contributed by atoms with Crippen molar-refractivity contribution in [1.82, 2.24) is 10.2 Å². The molecule has 24 heavy (non-hydrogen) atoms. The van der Waals surface area contributed by atoms with E-state index in [0.29, 0.717) is 19.6 Å². The van der Waals surface area contributed by atoms with Crippen molar-refractivity contribution < 1.29 is 14.4 Å². The number of nitrogens with zero attached hydrogens (tertiary/aromatic N) is 1. The molecule has 0 aromatic heterocycles. The maximum atomic E-state index is 12.5. The Kier molecular flexibility index (Phi) is 5.92. The van der Waals surface area contributed by atoms with Crippen LogP contribution in [0.25, 0.3) is 0 Å². The highest BCUT2D eigenvalue weighted by Gasteiger charge is 2.36. The van der Waals surface area contributed by atoms with Crippen molar-refractivity contribution in [2.75, 3.05) is 19.6 Å². The molecule has 1 aliphatic rings. The third-order valence-electron chi connectivity index (χ3n) is 4.42. The number of hydrogen-bond acceptors (Lipinski definition) is 4. The average molecular weight is 332 g/mol. The maximum absolute atomic E-state index is 12.5. The molecule has 7 heteroatoms. The molecular weight excluding hydrogens is 308 g/mol. The smallest absolute Gasteiger partial charge is 0.240 e. The van der Waals surface area contributed by atoms with Gasteiger partial charge >= 0.3 is 0 Å². The van der Waals surface area contributed by atoms with Crippen LogP contribution in [0.15, 0.2) is 30.3 Å². The Morgan fingerprint density at radius 2 is 1.92 bits per heavy atom. The maximum Gasteiger partial charge on any atom is 0.240 e. The fraction of sp³-hybridized carbons (Fsp3) is 0.471. The fourth-order valence-corrected chi connectivity index (χ4v) is 3.16. The van der Waals surface area contributed by atoms with Gasteiger partial charge in [0.15, 0.2) is 0 Å². The molecule has 1 fully saturated rings. The fourth-order valence-electron chi connectivity index (χ4n) is 3.16. The van der Waals surface area contributed by atoms with E-state index in [-0.39, 0.29) is 24.2 Å². The number of benzene rings is 1. The Balaban J connectivity index is 2.05. The largest absolute Gasteiger partial charge is 0.368 e. The minimum absolute atomic E-state index is 0.131. The van der Waals surface area contributed by atoms with E-state index in [9.17, 15) is 14.4 Å². The number of likely N-dealkylation sites (tertiary alicyclic amines) is 1. The Bertz CT molecular complexity index is 605. The van der Waals surface area contributed by atoms with Crippen LogP contribution < -0.4 is 16.8 Å². The van der Waals surface area contributed by atoms with Gasteiger partial charge in [0.05, 0.1) is 6.42 Å². The van der Waals surface area contributed by atoms with Crippen molar-refractivity contribution in [3.63, 3.8) is 0 Å². The third-order valence-corrected chi connectivity index (χ3v) is 4.42. The van der Waals surface area contributed by atoms with E-state index in [2.05, 4.69) is 5.32 Å². The van der Waals surface area contributed by atoms with Crippen molar-refractivity contribution >= 4 is 17.7 Å². The topological polar surface area (TPSA) is 119 Å². The number of hydrogen-bond donors (Lipinski definition) is 3. The lowest BCUT2D eigenvalue weighted by atomic mass is 9.89. The Labute approximate surface area is 141 Å². The molecule has 3 atom stereocenters. The zero-order valence-corrected chi connectivity index (χ0v) is 13.8. The minimum Gasteiger partial charge on any atom is -0.368 e. The monoisotopic (exact) mass is 332 g/mol. The second kappa shape index (κ2) is 7.92. The van der Waals surface area contributed by atoms with Crippen molar-refractivity contribution in [3.05, 3.63) is 35.9 Å². The van der Waals surface area contributed by atoms with E-state index < -0.39 is 17.9 Å². The molecule has 0 bridgehead atoms. The lowest BCUT2D eigenvalue weighted by Crippen LogP contribution is -2.47. The standard InChI is InChI=1S/C17H24N4O3/c1-11(22)20-15(17(19)24)7-16(23)21-9-13(8-18)14(10-21)12-5-3-2-4-6-12/h2-6,13-15H,7-10,18H2,1H3,(H2,19,24)(H,20,22)/t13-,14+,15+/m1/s1. The van der Waals surface area contributed by atoms with Crippen LogP contribution in [0.5, 0.6) is 0 Å². The van der Waals surface area contributed by atoms with Gasteiger partial charge in [-0.05, 0) is 18.0 Å². The summed E-state index contributed by atoms with van der Waals surface area (Å²) in [5.41, 5.74) is 12.3. The van der Waals surface area contributed by atoms with E-state index in [1.165, 1.54) is 6.92 Å². The molecule has 3 amide bonds. The molecule has 0 unspecified atom stereocenters. The normalized spacial score (nSPS) is 21.3. The molecular formula is C17H24N4O3. The molecule has 1 saturated heterocycles. The van der Waals surface area contributed by atoms with Gasteiger partial charge in [-0.2, -0.15) is 0 Å². The number of carbonyl (C=O) groups excluding carboxylic acids is 3. The SMILES string of the molecule is CC(=O)N[C@@H](CC(=O)N1C[C@@H](CN)[C@H](c2ccccc2)C1)C(N)=O. The van der Waals surface area contributed by atoms with Gasteiger partial charge in [-0.15, -0.1) is 0 Å². The van der Waals surface area contributed by atoms with Crippen molar-refractivity contribution in [2.24, 2.45) is 17.4 Å². The molecule has 1 aromatic carbocycles. The zero-order valence-electron chi connectivity index (χ0n) is 13.8. The molecule has 7 nitrogen and oxygen atoms in total. The predicted molar refractivity (Wildman–Crippen MR) is 89.7 cm³/mol. The van der Waals surface area contributed by atoms with Gasteiger partial charge in [-0.1, -0.05) is 30.3 Å². The summed E-state index contributed by atoms with van der Waals surface area (Å²) in [5.74, 6) is -0.968. The van der Waals surface area contributed by atoms with E-state index in [0.717, 1.165) is 5.56 Å². The van der Waals surface area contributed by atoms with Crippen molar-refractivity contribution in [3.8, 4) is 0 Å². The van der Waals surface area contributed by atoms with Crippen LogP contribution in [0.3, 0.4) is 0 Å². The minimum atomic E-state index is -0.984. The molecule has 0 aliphatic carbocycles. The lowest BCUT2D eigenvalue weighted by molar-refractivity contribution is -0.134. The van der Waals surface area contributed by atoms with Gasteiger partial charge < -0.3 is 21.7 Å². The zero-order chi connectivity index (χ0) is 17.7. The van der Waals surface area contributed by atoms with Gasteiger partial charge in [0.1, 0.15) is 6.04 Å². The molecule has 5 N–H and O–H groups in total. The van der Waals surface area contributed by atoms with E-state index >= 15 is 0 Å². The van der Waals surface area contributed by atoms with Gasteiger partial charge in [-0.3, -0.25) is 14.4 Å². The summed E-state index contributed by atoms with van der Waals surface area (Å²) in [6.07, 6.45) is -0.131. The first-order valence-electron chi connectivity index (χ1n) is 8.01. The summed E-state index contributed by atoms with van der Waals surface area (Å²) >= 11 is 0. The van der Waals surface area contributed by atoms with Crippen LogP contribution in [0.4, 0.5) is 0 Å². The number of rotatable bonds is 6. The quantitative estimate of drug-likeness (QED) is 0.655. The lowest BCUT2D eigenvalue weighted by Gasteiger charge is -2.20. The molecule has 0 radical (unpaired) electrons. The van der Waals surface area contributed by atoms with Crippen LogP contribution in [-0.4, -0.2) is 48.3 Å². The van der Waals surface area contributed by atoms with Crippen LogP contribution in [-0.2, 0) is 14.4 Å². The molecule has 1 heterocycles.